The second-order valence-electron chi connectivity index (χ2n) is 5.14. The SMILES string of the molecule is Cc1cccc2c1NC1Cc3ccccc3C1O2. The first-order chi connectivity index (χ1) is 8.83. The quantitative estimate of drug-likeness (QED) is 0.757. The van der Waals surface area contributed by atoms with Gasteiger partial charge in [0.15, 0.2) is 0 Å². The summed E-state index contributed by atoms with van der Waals surface area (Å²) in [7, 11) is 0. The lowest BCUT2D eigenvalue weighted by Crippen LogP contribution is -2.32. The molecule has 0 radical (unpaired) electrons. The molecule has 1 N–H and O–H groups in total. The van der Waals surface area contributed by atoms with Crippen LogP contribution in [0.15, 0.2) is 42.5 Å². The summed E-state index contributed by atoms with van der Waals surface area (Å²) >= 11 is 0. The third kappa shape index (κ3) is 1.29. The van der Waals surface area contributed by atoms with Gasteiger partial charge >= 0.3 is 0 Å². The lowest BCUT2D eigenvalue weighted by Gasteiger charge is -2.32. The summed E-state index contributed by atoms with van der Waals surface area (Å²) in [6.45, 7) is 2.12. The molecule has 18 heavy (non-hydrogen) atoms. The summed E-state index contributed by atoms with van der Waals surface area (Å²) in [6.07, 6.45) is 1.21. The van der Waals surface area contributed by atoms with E-state index in [9.17, 15) is 0 Å². The minimum atomic E-state index is 0.162. The van der Waals surface area contributed by atoms with Gasteiger partial charge in [0.25, 0.3) is 0 Å². The van der Waals surface area contributed by atoms with Crippen molar-refractivity contribution in [1.29, 1.82) is 0 Å². The van der Waals surface area contributed by atoms with E-state index < -0.39 is 0 Å². The van der Waals surface area contributed by atoms with Gasteiger partial charge in [0.2, 0.25) is 0 Å². The minimum Gasteiger partial charge on any atom is -0.481 e. The van der Waals surface area contributed by atoms with Crippen LogP contribution in [0, 0.1) is 6.92 Å². The van der Waals surface area contributed by atoms with Gasteiger partial charge in [-0.3, -0.25) is 0 Å². The molecule has 1 heterocycles. The number of fused-ring (bicyclic) bond motifs is 4. The minimum absolute atomic E-state index is 0.162. The van der Waals surface area contributed by atoms with Crippen LogP contribution in [0.2, 0.25) is 0 Å². The number of ether oxygens (including phenoxy) is 1. The number of nitrogens with one attached hydrogen (secondary N) is 1. The van der Waals surface area contributed by atoms with Gasteiger partial charge in [-0.25, -0.2) is 0 Å². The molecule has 2 aromatic rings. The van der Waals surface area contributed by atoms with E-state index in [0.717, 1.165) is 17.9 Å². The first-order valence-electron chi connectivity index (χ1n) is 6.43. The molecule has 0 amide bonds. The Bertz CT molecular complexity index is 620. The van der Waals surface area contributed by atoms with Crippen LogP contribution in [0.5, 0.6) is 5.75 Å². The molecule has 0 fully saturated rings. The second-order valence-corrected chi connectivity index (χ2v) is 5.14. The molecular weight excluding hydrogens is 222 g/mol. The van der Waals surface area contributed by atoms with E-state index in [0.29, 0.717) is 6.04 Å². The number of para-hydroxylation sites is 1. The fourth-order valence-electron chi connectivity index (χ4n) is 3.08. The number of hydrogen-bond acceptors (Lipinski definition) is 2. The molecule has 2 aromatic carbocycles. The largest absolute Gasteiger partial charge is 0.481 e. The molecule has 90 valence electrons. The molecule has 0 spiro atoms. The fraction of sp³-hybridized carbons (Fsp3) is 0.250. The monoisotopic (exact) mass is 237 g/mol. The zero-order valence-corrected chi connectivity index (χ0v) is 10.3. The highest BCUT2D eigenvalue weighted by Gasteiger charge is 2.37. The van der Waals surface area contributed by atoms with Crippen molar-refractivity contribution < 1.29 is 4.74 Å². The molecule has 2 heteroatoms. The topological polar surface area (TPSA) is 21.3 Å². The Labute approximate surface area is 107 Å². The lowest BCUT2D eigenvalue weighted by atomic mass is 10.1. The molecule has 2 unspecified atom stereocenters. The van der Waals surface area contributed by atoms with Crippen molar-refractivity contribution in [2.45, 2.75) is 25.5 Å². The molecule has 2 aliphatic rings. The number of rotatable bonds is 0. The number of hydrogen-bond donors (Lipinski definition) is 1. The maximum Gasteiger partial charge on any atom is 0.144 e. The maximum atomic E-state index is 6.20. The smallest absolute Gasteiger partial charge is 0.144 e. The normalized spacial score (nSPS) is 23.4. The zero-order valence-electron chi connectivity index (χ0n) is 10.3. The van der Waals surface area contributed by atoms with Crippen molar-refractivity contribution in [1.82, 2.24) is 0 Å². The van der Waals surface area contributed by atoms with Gasteiger partial charge in [-0.2, -0.15) is 0 Å². The highest BCUT2D eigenvalue weighted by molar-refractivity contribution is 5.65. The van der Waals surface area contributed by atoms with Crippen molar-refractivity contribution in [3.05, 3.63) is 59.2 Å². The first kappa shape index (κ1) is 10.0. The van der Waals surface area contributed by atoms with E-state index in [1.54, 1.807) is 0 Å². The molecule has 1 aliphatic heterocycles. The van der Waals surface area contributed by atoms with E-state index in [4.69, 9.17) is 4.74 Å². The van der Waals surface area contributed by atoms with Crippen LogP contribution in [0.4, 0.5) is 5.69 Å². The Hall–Kier alpha value is -1.96. The Morgan fingerprint density at radius 3 is 2.94 bits per heavy atom. The van der Waals surface area contributed by atoms with Crippen molar-refractivity contribution in [3.63, 3.8) is 0 Å². The lowest BCUT2D eigenvalue weighted by molar-refractivity contribution is 0.183. The summed E-state index contributed by atoms with van der Waals surface area (Å²) in [5.74, 6) is 0.980. The average Bonchev–Trinajstić information content (AvgIpc) is 2.75. The predicted molar refractivity (Wildman–Crippen MR) is 72.1 cm³/mol. The van der Waals surface area contributed by atoms with E-state index in [2.05, 4.69) is 48.6 Å². The number of anilines is 1. The second kappa shape index (κ2) is 3.52. The van der Waals surface area contributed by atoms with Gasteiger partial charge in [0.1, 0.15) is 11.9 Å². The zero-order chi connectivity index (χ0) is 12.1. The molecule has 0 bridgehead atoms. The highest BCUT2D eigenvalue weighted by atomic mass is 16.5. The van der Waals surface area contributed by atoms with Crippen molar-refractivity contribution >= 4 is 5.69 Å². The maximum absolute atomic E-state index is 6.20. The molecule has 0 aromatic heterocycles. The van der Waals surface area contributed by atoms with Crippen molar-refractivity contribution in [2.75, 3.05) is 5.32 Å². The van der Waals surface area contributed by atoms with Crippen LogP contribution in [-0.4, -0.2) is 6.04 Å². The van der Waals surface area contributed by atoms with Crippen LogP contribution in [0.3, 0.4) is 0 Å². The third-order valence-electron chi connectivity index (χ3n) is 3.99. The van der Waals surface area contributed by atoms with Crippen LogP contribution < -0.4 is 10.1 Å². The van der Waals surface area contributed by atoms with Gasteiger partial charge in [-0.15, -0.1) is 0 Å². The third-order valence-corrected chi connectivity index (χ3v) is 3.99. The average molecular weight is 237 g/mol. The Kier molecular flexibility index (Phi) is 1.95. The standard InChI is InChI=1S/C16H15NO/c1-10-5-4-8-14-15(10)17-13-9-11-6-2-3-7-12(11)16(13)18-14/h2-8,13,16-17H,9H2,1H3. The van der Waals surface area contributed by atoms with E-state index in [1.165, 1.54) is 16.7 Å². The number of aryl methyl sites for hydroxylation is 1. The van der Waals surface area contributed by atoms with E-state index in [1.807, 2.05) is 6.07 Å². The molecule has 0 saturated carbocycles. The molecule has 2 nitrogen and oxygen atoms in total. The van der Waals surface area contributed by atoms with Gasteiger partial charge in [0, 0.05) is 0 Å². The van der Waals surface area contributed by atoms with Gasteiger partial charge in [-0.05, 0) is 36.1 Å². The van der Waals surface area contributed by atoms with Crippen LogP contribution >= 0.6 is 0 Å². The Morgan fingerprint density at radius 2 is 2.00 bits per heavy atom. The summed E-state index contributed by atoms with van der Waals surface area (Å²) in [5.41, 5.74) is 5.15. The summed E-state index contributed by atoms with van der Waals surface area (Å²) < 4.78 is 6.20. The van der Waals surface area contributed by atoms with Crippen molar-refractivity contribution in [3.8, 4) is 5.75 Å². The van der Waals surface area contributed by atoms with Crippen LogP contribution in [0.25, 0.3) is 0 Å². The van der Waals surface area contributed by atoms with E-state index >= 15 is 0 Å². The molecule has 4 rings (SSSR count). The molecule has 1 aliphatic carbocycles. The van der Waals surface area contributed by atoms with Gasteiger partial charge in [-0.1, -0.05) is 36.4 Å². The van der Waals surface area contributed by atoms with Gasteiger partial charge < -0.3 is 10.1 Å². The van der Waals surface area contributed by atoms with E-state index in [-0.39, 0.29) is 6.10 Å². The summed E-state index contributed by atoms with van der Waals surface area (Å²) in [6, 6.07) is 15.2. The molecular formula is C16H15NO. The fourth-order valence-corrected chi connectivity index (χ4v) is 3.08. The predicted octanol–water partition coefficient (Wildman–Crippen LogP) is 3.47. The Morgan fingerprint density at radius 1 is 1.11 bits per heavy atom. The first-order valence-corrected chi connectivity index (χ1v) is 6.43. The Balaban J connectivity index is 1.80. The highest BCUT2D eigenvalue weighted by Crippen LogP contribution is 2.44. The summed E-state index contributed by atoms with van der Waals surface area (Å²) in [4.78, 5) is 0. The summed E-state index contributed by atoms with van der Waals surface area (Å²) in [5, 5.41) is 3.65. The van der Waals surface area contributed by atoms with Gasteiger partial charge in [0.05, 0.1) is 11.7 Å². The molecule has 2 atom stereocenters. The molecule has 0 saturated heterocycles. The van der Waals surface area contributed by atoms with Crippen LogP contribution in [0.1, 0.15) is 22.8 Å². The van der Waals surface area contributed by atoms with Crippen molar-refractivity contribution in [2.24, 2.45) is 0 Å². The number of benzene rings is 2. The van der Waals surface area contributed by atoms with Crippen LogP contribution in [-0.2, 0) is 6.42 Å².